The third-order valence-corrected chi connectivity index (χ3v) is 4.47. The molecular weight excluding hydrogens is 324 g/mol. The predicted octanol–water partition coefficient (Wildman–Crippen LogP) is 4.92. The van der Waals surface area contributed by atoms with Crippen LogP contribution in [-0.2, 0) is 0 Å². The number of benzene rings is 2. The second-order valence-electron chi connectivity index (χ2n) is 6.13. The lowest BCUT2D eigenvalue weighted by molar-refractivity contribution is 0.581. The van der Waals surface area contributed by atoms with Gasteiger partial charge in [-0.25, -0.2) is 4.99 Å². The molecule has 0 aliphatic carbocycles. The van der Waals surface area contributed by atoms with Crippen LogP contribution in [0.15, 0.2) is 77.9 Å². The summed E-state index contributed by atoms with van der Waals surface area (Å²) in [5.41, 5.74) is 4.72. The normalized spacial score (nSPS) is 11.6. The molecule has 25 heavy (non-hydrogen) atoms. The summed E-state index contributed by atoms with van der Waals surface area (Å²) in [6.45, 7) is 6.38. The second kappa shape index (κ2) is 7.90. The number of nitrogens with zero attached hydrogens (tertiary/aromatic N) is 2. The van der Waals surface area contributed by atoms with Gasteiger partial charge in [-0.15, -0.1) is 0 Å². The molecule has 0 fully saturated rings. The lowest BCUT2D eigenvalue weighted by atomic mass is 10.1. The highest BCUT2D eigenvalue weighted by Gasteiger charge is 2.13. The number of hydrogen-bond donors (Lipinski definition) is 0. The van der Waals surface area contributed by atoms with Gasteiger partial charge in [-0.05, 0) is 43.8 Å². The minimum absolute atomic E-state index is 0.852. The number of aromatic nitrogens is 1. The van der Waals surface area contributed by atoms with E-state index in [1.165, 1.54) is 0 Å². The number of hydrogen-bond acceptors (Lipinski definition) is 3. The standard InChI is InChI=1S/C21H22N2OSi/c1-16-10-9-14-19(24-25(2)3)20(16)23-21(17-11-5-4-6-12-17)18-13-7-8-15-22-18/h4-15,25H,1-3H3. The summed E-state index contributed by atoms with van der Waals surface area (Å²) in [5, 5.41) is 0. The van der Waals surface area contributed by atoms with Crippen molar-refractivity contribution in [3.63, 3.8) is 0 Å². The van der Waals surface area contributed by atoms with Gasteiger partial charge in [0.25, 0.3) is 0 Å². The zero-order valence-electron chi connectivity index (χ0n) is 14.8. The number of rotatable bonds is 5. The van der Waals surface area contributed by atoms with Crippen LogP contribution in [0.5, 0.6) is 5.75 Å². The van der Waals surface area contributed by atoms with E-state index in [2.05, 4.69) is 43.2 Å². The molecule has 0 saturated carbocycles. The molecule has 3 rings (SSSR count). The smallest absolute Gasteiger partial charge is 0.229 e. The zero-order chi connectivity index (χ0) is 17.6. The molecule has 0 unspecified atom stereocenters. The Balaban J connectivity index is 2.18. The maximum absolute atomic E-state index is 6.11. The highest BCUT2D eigenvalue weighted by atomic mass is 28.3. The molecule has 3 nitrogen and oxygen atoms in total. The van der Waals surface area contributed by atoms with E-state index in [1.807, 2.05) is 48.5 Å². The minimum Gasteiger partial charge on any atom is -0.546 e. The van der Waals surface area contributed by atoms with Crippen molar-refractivity contribution in [1.82, 2.24) is 4.98 Å². The fourth-order valence-corrected chi connectivity index (χ4v) is 3.30. The SMILES string of the molecule is Cc1cccc(O[SiH](C)C)c1N=C(c1ccccc1)c1ccccn1. The van der Waals surface area contributed by atoms with Gasteiger partial charge in [0.05, 0.1) is 11.4 Å². The molecule has 0 amide bonds. The Morgan fingerprint density at radius 3 is 2.36 bits per heavy atom. The van der Waals surface area contributed by atoms with E-state index in [0.29, 0.717) is 0 Å². The lowest BCUT2D eigenvalue weighted by Gasteiger charge is -2.15. The number of aryl methyl sites for hydroxylation is 1. The molecule has 1 heterocycles. The Morgan fingerprint density at radius 2 is 1.68 bits per heavy atom. The van der Waals surface area contributed by atoms with Crippen molar-refractivity contribution in [3.8, 4) is 5.75 Å². The highest BCUT2D eigenvalue weighted by molar-refractivity contribution is 6.49. The average molecular weight is 347 g/mol. The fourth-order valence-electron chi connectivity index (χ4n) is 2.60. The Labute approximate surface area is 150 Å². The van der Waals surface area contributed by atoms with Gasteiger partial charge in [-0.3, -0.25) is 4.98 Å². The van der Waals surface area contributed by atoms with Crippen molar-refractivity contribution in [2.75, 3.05) is 0 Å². The monoisotopic (exact) mass is 346 g/mol. The van der Waals surface area contributed by atoms with Crippen LogP contribution in [0.1, 0.15) is 16.8 Å². The van der Waals surface area contributed by atoms with Gasteiger partial charge in [0.1, 0.15) is 11.4 Å². The quantitative estimate of drug-likeness (QED) is 0.485. The summed E-state index contributed by atoms with van der Waals surface area (Å²) >= 11 is 0. The largest absolute Gasteiger partial charge is 0.546 e. The van der Waals surface area contributed by atoms with Crippen LogP contribution in [0.25, 0.3) is 0 Å². The van der Waals surface area contributed by atoms with E-state index >= 15 is 0 Å². The molecule has 0 saturated heterocycles. The Kier molecular flexibility index (Phi) is 5.41. The first-order valence-electron chi connectivity index (χ1n) is 8.47. The summed E-state index contributed by atoms with van der Waals surface area (Å²) < 4.78 is 6.11. The van der Waals surface area contributed by atoms with E-state index in [-0.39, 0.29) is 0 Å². The van der Waals surface area contributed by atoms with Crippen LogP contribution in [0.3, 0.4) is 0 Å². The summed E-state index contributed by atoms with van der Waals surface area (Å²) in [5.74, 6) is 0.853. The third kappa shape index (κ3) is 4.22. The third-order valence-electron chi connectivity index (χ3n) is 3.74. The van der Waals surface area contributed by atoms with E-state index in [0.717, 1.165) is 34.0 Å². The van der Waals surface area contributed by atoms with Gasteiger partial charge >= 0.3 is 0 Å². The van der Waals surface area contributed by atoms with E-state index < -0.39 is 9.04 Å². The van der Waals surface area contributed by atoms with E-state index in [1.54, 1.807) is 6.20 Å². The number of pyridine rings is 1. The van der Waals surface area contributed by atoms with Gasteiger partial charge in [0, 0.05) is 11.8 Å². The Bertz CT molecular complexity index is 820. The molecule has 0 spiro atoms. The van der Waals surface area contributed by atoms with Gasteiger partial charge in [-0.2, -0.15) is 0 Å². The molecule has 126 valence electrons. The number of aliphatic imine (C=N–C) groups is 1. The second-order valence-corrected chi connectivity index (χ2v) is 8.46. The molecule has 4 heteroatoms. The van der Waals surface area contributed by atoms with Gasteiger partial charge in [-0.1, -0.05) is 48.5 Å². The molecule has 0 radical (unpaired) electrons. The topological polar surface area (TPSA) is 34.5 Å². The maximum Gasteiger partial charge on any atom is 0.229 e. The minimum atomic E-state index is -1.22. The molecule has 0 aliphatic heterocycles. The average Bonchev–Trinajstić information content (AvgIpc) is 2.62. The molecule has 2 aromatic carbocycles. The van der Waals surface area contributed by atoms with E-state index in [4.69, 9.17) is 9.42 Å². The summed E-state index contributed by atoms with van der Waals surface area (Å²) in [4.78, 5) is 9.51. The predicted molar refractivity (Wildman–Crippen MR) is 107 cm³/mol. The van der Waals surface area contributed by atoms with Crippen LogP contribution in [0, 0.1) is 6.92 Å². The molecule has 0 aliphatic rings. The maximum atomic E-state index is 6.11. The first kappa shape index (κ1) is 17.1. The molecule has 3 aromatic rings. The van der Waals surface area contributed by atoms with Crippen LogP contribution in [-0.4, -0.2) is 19.7 Å². The van der Waals surface area contributed by atoms with Crippen molar-refractivity contribution in [2.24, 2.45) is 4.99 Å². The lowest BCUT2D eigenvalue weighted by Crippen LogP contribution is -2.12. The summed E-state index contributed by atoms with van der Waals surface area (Å²) in [6.07, 6.45) is 1.80. The Hall–Kier alpha value is -2.72. The van der Waals surface area contributed by atoms with Crippen LogP contribution < -0.4 is 4.43 Å². The van der Waals surface area contributed by atoms with Crippen molar-refractivity contribution >= 4 is 20.4 Å². The molecule has 0 atom stereocenters. The highest BCUT2D eigenvalue weighted by Crippen LogP contribution is 2.33. The van der Waals surface area contributed by atoms with Crippen LogP contribution in [0.2, 0.25) is 13.1 Å². The number of para-hydroxylation sites is 1. The van der Waals surface area contributed by atoms with Gasteiger partial charge in [0.2, 0.25) is 9.04 Å². The van der Waals surface area contributed by atoms with Crippen molar-refractivity contribution < 1.29 is 4.43 Å². The first-order valence-corrected chi connectivity index (χ1v) is 11.2. The van der Waals surface area contributed by atoms with Gasteiger partial charge < -0.3 is 4.43 Å². The first-order chi connectivity index (χ1) is 12.1. The van der Waals surface area contributed by atoms with Crippen LogP contribution in [0.4, 0.5) is 5.69 Å². The van der Waals surface area contributed by atoms with Crippen LogP contribution >= 0.6 is 0 Å². The zero-order valence-corrected chi connectivity index (χ0v) is 16.0. The van der Waals surface area contributed by atoms with Crippen molar-refractivity contribution in [2.45, 2.75) is 20.0 Å². The summed E-state index contributed by atoms with van der Waals surface area (Å²) in [7, 11) is -1.22. The van der Waals surface area contributed by atoms with Crippen molar-refractivity contribution in [1.29, 1.82) is 0 Å². The fraction of sp³-hybridized carbons (Fsp3) is 0.143. The summed E-state index contributed by atoms with van der Waals surface area (Å²) in [6, 6.07) is 22.1. The van der Waals surface area contributed by atoms with Crippen molar-refractivity contribution in [3.05, 3.63) is 89.7 Å². The molecule has 0 N–H and O–H groups in total. The van der Waals surface area contributed by atoms with E-state index in [9.17, 15) is 0 Å². The Morgan fingerprint density at radius 1 is 0.920 bits per heavy atom. The molecule has 0 bridgehead atoms. The molecular formula is C21H22N2OSi. The molecule has 1 aromatic heterocycles. The van der Waals surface area contributed by atoms with Gasteiger partial charge in [0.15, 0.2) is 0 Å².